The predicted molar refractivity (Wildman–Crippen MR) is 273 cm³/mol. The molecular formula is C48H73N15O10. The molecule has 20 N–H and O–H groups in total. The standard InChI is InChI=1S/C48H73N15O10/c1-25(2)38(61-41(68)26(3)22-29-24-57-32-11-7-6-10-31(29)32)44(71)62-39(27(4)64)45(72)58-33(12-8-20-55-47(51)52)42(69)59-34(18-19-37(49)66)46(73)63(5)36(13-9-21-56-48(53)54)43(70)60-35(40(50)67)23-28-14-16-30(65)17-15-28/h6-7,10-11,14-17,24-27,33-36,38-39,57,64-65H,8-9,12-13,18-23H2,1-5H3,(H2,49,66)(H2,50,67)(H,58,72)(H,59,69)(H,60,70)(H,61,68)(H,62,71)(H4,51,52,55)(H4,53,54,56)/t26-,27+,33-,34-,35?,36-,38-,39-/m0/s1. The van der Waals surface area contributed by atoms with Crippen LogP contribution in [0.15, 0.2) is 64.7 Å². The number of phenolic OH excluding ortho intramolecular Hbond substituents is 1. The van der Waals surface area contributed by atoms with E-state index in [2.05, 4.69) is 41.6 Å². The molecule has 0 bridgehead atoms. The van der Waals surface area contributed by atoms with Crippen molar-refractivity contribution in [3.8, 4) is 5.75 Å². The monoisotopic (exact) mass is 1020 g/mol. The number of hydrogen-bond acceptors (Lipinski definition) is 12. The zero-order valence-corrected chi connectivity index (χ0v) is 41.9. The number of para-hydroxylation sites is 1. The summed E-state index contributed by atoms with van der Waals surface area (Å²) in [7, 11) is 1.26. The Hall–Kier alpha value is -7.96. The van der Waals surface area contributed by atoms with Crippen LogP contribution in [-0.4, -0.2) is 142 Å². The van der Waals surface area contributed by atoms with Crippen LogP contribution in [0, 0.1) is 11.8 Å². The average molecular weight is 1020 g/mol. The number of aliphatic imine (C=N–C) groups is 2. The van der Waals surface area contributed by atoms with Gasteiger partial charge in [0, 0.05) is 56.0 Å². The number of likely N-dealkylation sites (N-methyl/N-ethyl adjacent to an activating group) is 1. The number of carbonyl (C=O) groups is 8. The third-order valence-corrected chi connectivity index (χ3v) is 11.9. The van der Waals surface area contributed by atoms with E-state index < -0.39 is 108 Å². The van der Waals surface area contributed by atoms with Crippen molar-refractivity contribution in [3.63, 3.8) is 0 Å². The molecule has 0 radical (unpaired) electrons. The number of aliphatic hydroxyl groups is 1. The number of primary amides is 2. The number of phenols is 1. The fourth-order valence-corrected chi connectivity index (χ4v) is 7.80. The normalized spacial score (nSPS) is 14.4. The smallest absolute Gasteiger partial charge is 0.245 e. The fraction of sp³-hybridized carbons (Fsp3) is 0.500. The van der Waals surface area contributed by atoms with E-state index in [0.29, 0.717) is 12.0 Å². The van der Waals surface area contributed by atoms with E-state index in [1.54, 1.807) is 20.8 Å². The maximum Gasteiger partial charge on any atom is 0.245 e. The van der Waals surface area contributed by atoms with Gasteiger partial charge in [-0.3, -0.25) is 48.3 Å². The van der Waals surface area contributed by atoms with E-state index in [0.717, 1.165) is 21.4 Å². The van der Waals surface area contributed by atoms with Crippen molar-refractivity contribution in [1.29, 1.82) is 0 Å². The van der Waals surface area contributed by atoms with Gasteiger partial charge in [0.2, 0.25) is 47.3 Å². The molecule has 25 nitrogen and oxygen atoms in total. The maximum atomic E-state index is 14.4. The first-order valence-corrected chi connectivity index (χ1v) is 23.9. The van der Waals surface area contributed by atoms with Gasteiger partial charge in [-0.2, -0.15) is 0 Å². The third kappa shape index (κ3) is 19.3. The highest BCUT2D eigenvalue weighted by atomic mass is 16.3. The van der Waals surface area contributed by atoms with E-state index in [1.165, 1.54) is 38.2 Å². The SMILES string of the molecule is CC(C)[C@H](NC(=O)[C@@H](C)Cc1c[nH]c2ccccc12)C(=O)N[C@H](C(=O)N[C@@H](CCCN=C(N)N)C(=O)N[C@@H](CCC(N)=O)C(=O)N(C)[C@@H](CCCN=C(N)N)C(=O)NC(Cc1ccc(O)cc1)C(N)=O)[C@@H](C)O. The van der Waals surface area contributed by atoms with E-state index >= 15 is 0 Å². The summed E-state index contributed by atoms with van der Waals surface area (Å²) in [5.74, 6) is -8.21. The highest BCUT2D eigenvalue weighted by Crippen LogP contribution is 2.21. The average Bonchev–Trinajstić information content (AvgIpc) is 3.73. The highest BCUT2D eigenvalue weighted by Gasteiger charge is 2.37. The number of H-pyrrole nitrogens is 1. The Balaban J connectivity index is 1.88. The Bertz CT molecular complexity index is 2430. The van der Waals surface area contributed by atoms with Gasteiger partial charge in [0.25, 0.3) is 0 Å². The minimum atomic E-state index is -1.67. The summed E-state index contributed by atoms with van der Waals surface area (Å²) in [6, 6.07) is 4.98. The number of fused-ring (bicyclic) bond motifs is 1. The van der Waals surface area contributed by atoms with Crippen molar-refractivity contribution in [1.82, 2.24) is 36.5 Å². The minimum absolute atomic E-state index is 0.00446. The first kappa shape index (κ1) is 59.3. The van der Waals surface area contributed by atoms with Gasteiger partial charge >= 0.3 is 0 Å². The predicted octanol–water partition coefficient (Wildman–Crippen LogP) is -2.56. The number of nitrogens with two attached hydrogens (primary N) is 6. The molecule has 3 rings (SSSR count). The lowest BCUT2D eigenvalue weighted by molar-refractivity contribution is -0.143. The second-order valence-electron chi connectivity index (χ2n) is 18.2. The molecule has 1 heterocycles. The molecule has 25 heteroatoms. The summed E-state index contributed by atoms with van der Waals surface area (Å²) < 4.78 is 0. The van der Waals surface area contributed by atoms with Crippen LogP contribution in [0.25, 0.3) is 10.9 Å². The first-order chi connectivity index (χ1) is 34.4. The second-order valence-corrected chi connectivity index (χ2v) is 18.2. The number of aromatic amines is 1. The Kier molecular flexibility index (Phi) is 23.4. The number of nitrogens with zero attached hydrogens (tertiary/aromatic N) is 3. The molecule has 3 aromatic rings. The molecule has 8 amide bonds. The number of aromatic hydroxyl groups is 1. The zero-order chi connectivity index (χ0) is 54.5. The largest absolute Gasteiger partial charge is 0.508 e. The van der Waals surface area contributed by atoms with Gasteiger partial charge in [0.05, 0.1) is 6.10 Å². The van der Waals surface area contributed by atoms with E-state index in [-0.39, 0.29) is 69.3 Å². The topological polar surface area (TPSA) is 437 Å². The van der Waals surface area contributed by atoms with Gasteiger partial charge in [-0.1, -0.05) is 51.1 Å². The second kappa shape index (κ2) is 28.8. The van der Waals surface area contributed by atoms with Crippen LogP contribution in [0.2, 0.25) is 0 Å². The molecule has 0 saturated carbocycles. The molecule has 400 valence electrons. The number of aromatic nitrogens is 1. The number of benzene rings is 2. The summed E-state index contributed by atoms with van der Waals surface area (Å²) in [5.41, 5.74) is 35.5. The molecule has 1 aromatic heterocycles. The number of carbonyl (C=O) groups excluding carboxylic acids is 8. The number of guanidine groups is 2. The van der Waals surface area contributed by atoms with Crippen molar-refractivity contribution >= 4 is 70.1 Å². The van der Waals surface area contributed by atoms with Crippen molar-refractivity contribution in [2.45, 2.75) is 121 Å². The Labute approximate surface area is 423 Å². The number of nitrogens with one attached hydrogen (secondary N) is 6. The van der Waals surface area contributed by atoms with E-state index in [9.17, 15) is 48.6 Å². The van der Waals surface area contributed by atoms with Crippen LogP contribution in [0.3, 0.4) is 0 Å². The van der Waals surface area contributed by atoms with Gasteiger partial charge in [-0.25, -0.2) is 0 Å². The summed E-state index contributed by atoms with van der Waals surface area (Å²) >= 11 is 0. The summed E-state index contributed by atoms with van der Waals surface area (Å²) in [5, 5.41) is 34.5. The molecule has 0 fully saturated rings. The highest BCUT2D eigenvalue weighted by molar-refractivity contribution is 5.97. The van der Waals surface area contributed by atoms with Crippen LogP contribution >= 0.6 is 0 Å². The molecule has 8 atom stereocenters. The van der Waals surface area contributed by atoms with Crippen LogP contribution in [0.4, 0.5) is 0 Å². The maximum absolute atomic E-state index is 14.4. The molecule has 0 aliphatic rings. The molecule has 1 unspecified atom stereocenters. The Morgan fingerprint density at radius 1 is 0.644 bits per heavy atom. The Morgan fingerprint density at radius 3 is 1.78 bits per heavy atom. The van der Waals surface area contributed by atoms with Crippen molar-refractivity contribution in [3.05, 3.63) is 65.9 Å². The molecule has 0 aliphatic carbocycles. The van der Waals surface area contributed by atoms with Gasteiger partial charge in [-0.05, 0) is 80.7 Å². The lowest BCUT2D eigenvalue weighted by Gasteiger charge is -2.32. The van der Waals surface area contributed by atoms with Gasteiger partial charge < -0.3 is 81.1 Å². The number of hydrogen-bond donors (Lipinski definition) is 14. The van der Waals surface area contributed by atoms with Gasteiger partial charge in [0.1, 0.15) is 42.0 Å². The lowest BCUT2D eigenvalue weighted by atomic mass is 9.97. The summed E-state index contributed by atoms with van der Waals surface area (Å²) in [6.45, 7) is 6.37. The number of rotatable bonds is 30. The number of aliphatic hydroxyl groups excluding tert-OH is 1. The summed E-state index contributed by atoms with van der Waals surface area (Å²) in [4.78, 5) is 121. The number of amides is 8. The minimum Gasteiger partial charge on any atom is -0.508 e. The van der Waals surface area contributed by atoms with Crippen LogP contribution in [-0.2, 0) is 51.2 Å². The van der Waals surface area contributed by atoms with Gasteiger partial charge in [0.15, 0.2) is 11.9 Å². The molecule has 73 heavy (non-hydrogen) atoms. The van der Waals surface area contributed by atoms with Gasteiger partial charge in [-0.15, -0.1) is 0 Å². The van der Waals surface area contributed by atoms with Crippen molar-refractivity contribution in [2.24, 2.45) is 56.2 Å². The fourth-order valence-electron chi connectivity index (χ4n) is 7.80. The first-order valence-electron chi connectivity index (χ1n) is 23.9. The van der Waals surface area contributed by atoms with E-state index in [4.69, 9.17) is 34.4 Å². The lowest BCUT2D eigenvalue weighted by Crippen LogP contribution is -2.62. The molecule has 0 aliphatic heterocycles. The van der Waals surface area contributed by atoms with Crippen LogP contribution < -0.4 is 61.0 Å². The van der Waals surface area contributed by atoms with Crippen LogP contribution in [0.5, 0.6) is 5.75 Å². The van der Waals surface area contributed by atoms with Crippen LogP contribution in [0.1, 0.15) is 77.3 Å². The molecule has 0 saturated heterocycles. The summed E-state index contributed by atoms with van der Waals surface area (Å²) in [6.07, 6.45) is -0.237. The molecule has 0 spiro atoms. The molecule has 2 aromatic carbocycles. The van der Waals surface area contributed by atoms with E-state index in [1.807, 2.05) is 30.5 Å². The van der Waals surface area contributed by atoms with Crippen molar-refractivity contribution in [2.75, 3.05) is 20.1 Å². The Morgan fingerprint density at radius 2 is 1.21 bits per heavy atom. The quantitative estimate of drug-likeness (QED) is 0.0186. The third-order valence-electron chi connectivity index (χ3n) is 11.9. The molecular weight excluding hydrogens is 947 g/mol. The van der Waals surface area contributed by atoms with Crippen molar-refractivity contribution < 1.29 is 48.6 Å². The zero-order valence-electron chi connectivity index (χ0n) is 41.9.